The smallest absolute Gasteiger partial charge is 0 e. The molecule has 0 radical (unpaired) electrons. The van der Waals surface area contributed by atoms with E-state index in [0.29, 0.717) is 0 Å². The monoisotopic (exact) mass is 298 g/mol. The van der Waals surface area contributed by atoms with Crippen molar-refractivity contribution < 1.29 is 17.1 Å². The average Bonchev–Trinajstić information content (AvgIpc) is 3.07. The minimum absolute atomic E-state index is 0. The Bertz CT molecular complexity index is 318. The van der Waals surface area contributed by atoms with Crippen LogP contribution in [0, 0.1) is 0 Å². The number of hydrogen-bond acceptors (Lipinski definition) is 0. The third-order valence-corrected chi connectivity index (χ3v) is 3.10. The molecule has 0 aliphatic rings. The van der Waals surface area contributed by atoms with Crippen LogP contribution in [0.4, 0.5) is 0 Å². The zero-order chi connectivity index (χ0) is 13.1. The largest absolute Gasteiger partial charge is 0.748 e. The van der Waals surface area contributed by atoms with Crippen LogP contribution in [-0.2, 0) is 29.9 Å². The first kappa shape index (κ1) is 18.2. The van der Waals surface area contributed by atoms with E-state index in [0.717, 1.165) is 0 Å². The van der Waals surface area contributed by atoms with Crippen molar-refractivity contribution in [3.8, 4) is 0 Å². The van der Waals surface area contributed by atoms with Crippen molar-refractivity contribution >= 4 is 0 Å². The molecule has 1 heteroatoms. The first-order chi connectivity index (χ1) is 8.86. The molecule has 0 saturated heterocycles. The Morgan fingerprint density at radius 1 is 0.842 bits per heavy atom. The van der Waals surface area contributed by atoms with E-state index in [1.807, 2.05) is 0 Å². The van der Waals surface area contributed by atoms with Gasteiger partial charge in [0.2, 0.25) is 0 Å². The van der Waals surface area contributed by atoms with Crippen LogP contribution in [0.5, 0.6) is 0 Å². The van der Waals surface area contributed by atoms with Crippen molar-refractivity contribution in [1.29, 1.82) is 0 Å². The van der Waals surface area contributed by atoms with Crippen LogP contribution >= 0.6 is 0 Å². The predicted molar refractivity (Wildman–Crippen MR) is 81.3 cm³/mol. The van der Waals surface area contributed by atoms with Crippen LogP contribution in [0.25, 0.3) is 0 Å². The molecular formula is C18H26Fe-6. The van der Waals surface area contributed by atoms with Gasteiger partial charge < -0.3 is 29.8 Å². The van der Waals surface area contributed by atoms with Gasteiger partial charge >= 0.3 is 0 Å². The van der Waals surface area contributed by atoms with Crippen LogP contribution < -0.4 is 0 Å². The first-order valence-electron chi connectivity index (χ1n) is 7.28. The van der Waals surface area contributed by atoms with Crippen molar-refractivity contribution in [3.05, 3.63) is 59.7 Å². The number of aryl methyl sites for hydroxylation is 2. The van der Waals surface area contributed by atoms with Crippen LogP contribution in [-0.4, -0.2) is 0 Å². The van der Waals surface area contributed by atoms with Gasteiger partial charge in [-0.15, -0.1) is 0 Å². The molecule has 0 bridgehead atoms. The SMILES string of the molecule is CCCC[c-]1[cH-][cH-][cH-][cH-]1.CCCC[c-]1cccc1.[Fe]. The summed E-state index contributed by atoms with van der Waals surface area (Å²) in [5, 5.41) is 0. The molecule has 0 aliphatic carbocycles. The van der Waals surface area contributed by atoms with Crippen molar-refractivity contribution in [1.82, 2.24) is 0 Å². The van der Waals surface area contributed by atoms with E-state index in [2.05, 4.69) is 62.4 Å². The van der Waals surface area contributed by atoms with Crippen LogP contribution in [0.3, 0.4) is 0 Å². The molecular weight excluding hydrogens is 272 g/mol. The normalized spacial score (nSPS) is 9.37. The molecule has 2 aromatic carbocycles. The van der Waals surface area contributed by atoms with Gasteiger partial charge in [-0.1, -0.05) is 46.0 Å². The first-order valence-corrected chi connectivity index (χ1v) is 7.28. The summed E-state index contributed by atoms with van der Waals surface area (Å²) in [5.41, 5.74) is 2.97. The van der Waals surface area contributed by atoms with Gasteiger partial charge in [-0.05, 0) is 0 Å². The summed E-state index contributed by atoms with van der Waals surface area (Å²) in [6, 6.07) is 17.2. The van der Waals surface area contributed by atoms with E-state index in [4.69, 9.17) is 0 Å². The average molecular weight is 298 g/mol. The summed E-state index contributed by atoms with van der Waals surface area (Å²) < 4.78 is 0. The number of unbranched alkanes of at least 4 members (excludes halogenated alkanes) is 2. The Hall–Kier alpha value is -0.781. The molecule has 0 heterocycles. The molecule has 0 aromatic heterocycles. The zero-order valence-corrected chi connectivity index (χ0v) is 13.3. The third-order valence-electron chi connectivity index (χ3n) is 3.10. The van der Waals surface area contributed by atoms with E-state index in [9.17, 15) is 0 Å². The quantitative estimate of drug-likeness (QED) is 0.488. The van der Waals surface area contributed by atoms with Crippen molar-refractivity contribution in [2.24, 2.45) is 0 Å². The van der Waals surface area contributed by atoms with Crippen molar-refractivity contribution in [2.75, 3.05) is 0 Å². The van der Waals surface area contributed by atoms with Gasteiger partial charge in [0.15, 0.2) is 0 Å². The second-order valence-electron chi connectivity index (χ2n) is 4.79. The van der Waals surface area contributed by atoms with Crippen molar-refractivity contribution in [2.45, 2.75) is 52.4 Å². The topological polar surface area (TPSA) is 0 Å². The van der Waals surface area contributed by atoms with E-state index in [-0.39, 0.29) is 17.1 Å². The van der Waals surface area contributed by atoms with Gasteiger partial charge in [0.25, 0.3) is 0 Å². The van der Waals surface area contributed by atoms with Gasteiger partial charge in [-0.25, -0.2) is 18.6 Å². The molecule has 0 aliphatic heterocycles. The molecule has 0 nitrogen and oxygen atoms in total. The summed E-state index contributed by atoms with van der Waals surface area (Å²) in [6.07, 6.45) is 7.75. The second-order valence-corrected chi connectivity index (χ2v) is 4.79. The predicted octanol–water partition coefficient (Wildman–Crippen LogP) is 5.49. The molecule has 0 unspecified atom stereocenters. The molecule has 0 spiro atoms. The number of hydrogen-bond donors (Lipinski definition) is 0. The molecule has 19 heavy (non-hydrogen) atoms. The molecule has 0 atom stereocenters. The zero-order valence-electron chi connectivity index (χ0n) is 12.2. The minimum Gasteiger partial charge on any atom is -0.748 e. The maximum absolute atomic E-state index is 2.23. The summed E-state index contributed by atoms with van der Waals surface area (Å²) in [7, 11) is 0. The van der Waals surface area contributed by atoms with E-state index >= 15 is 0 Å². The van der Waals surface area contributed by atoms with E-state index in [1.165, 1.54) is 49.7 Å². The molecule has 112 valence electrons. The van der Waals surface area contributed by atoms with Crippen LogP contribution in [0.15, 0.2) is 48.5 Å². The molecule has 2 rings (SSSR count). The maximum Gasteiger partial charge on any atom is 0 e. The summed E-state index contributed by atoms with van der Waals surface area (Å²) in [5.74, 6) is 0. The summed E-state index contributed by atoms with van der Waals surface area (Å²) in [4.78, 5) is 0. The summed E-state index contributed by atoms with van der Waals surface area (Å²) >= 11 is 0. The molecule has 0 fully saturated rings. The van der Waals surface area contributed by atoms with Crippen LogP contribution in [0.2, 0.25) is 0 Å². The standard InChI is InChI=1S/2C9H13.Fe/c2*1-2-3-6-9-7-4-5-8-9;/h2*4-5,7-8H,2-3,6H2,1H3;/q-5;-1;. The minimum atomic E-state index is 0. The fraction of sp³-hybridized carbons (Fsp3) is 0.444. The van der Waals surface area contributed by atoms with Gasteiger partial charge in [0.1, 0.15) is 0 Å². The fourth-order valence-electron chi connectivity index (χ4n) is 1.92. The Labute approximate surface area is 129 Å². The maximum atomic E-state index is 2.23. The second kappa shape index (κ2) is 12.3. The summed E-state index contributed by atoms with van der Waals surface area (Å²) in [6.45, 7) is 4.45. The van der Waals surface area contributed by atoms with Gasteiger partial charge in [-0.3, -0.25) is 0 Å². The van der Waals surface area contributed by atoms with Crippen LogP contribution in [0.1, 0.15) is 50.7 Å². The Kier molecular flexibility index (Phi) is 11.8. The fourth-order valence-corrected chi connectivity index (χ4v) is 1.92. The third kappa shape index (κ3) is 8.86. The molecule has 0 amide bonds. The van der Waals surface area contributed by atoms with E-state index in [1.54, 1.807) is 0 Å². The van der Waals surface area contributed by atoms with Gasteiger partial charge in [-0.2, -0.15) is 17.7 Å². The van der Waals surface area contributed by atoms with Crippen molar-refractivity contribution in [3.63, 3.8) is 0 Å². The van der Waals surface area contributed by atoms with E-state index < -0.39 is 0 Å². The Morgan fingerprint density at radius 3 is 1.89 bits per heavy atom. The van der Waals surface area contributed by atoms with Gasteiger partial charge in [0.05, 0.1) is 0 Å². The molecule has 2 aromatic rings. The molecule has 0 saturated carbocycles. The van der Waals surface area contributed by atoms with Gasteiger partial charge in [0, 0.05) is 17.1 Å². The Morgan fingerprint density at radius 2 is 1.37 bits per heavy atom. The molecule has 0 N–H and O–H groups in total. The number of rotatable bonds is 6. The Balaban J connectivity index is 0.000000324.